The van der Waals surface area contributed by atoms with Gasteiger partial charge in [0.05, 0.1) is 18.6 Å². The van der Waals surface area contributed by atoms with Gasteiger partial charge < -0.3 is 28.7 Å². The van der Waals surface area contributed by atoms with Crippen LogP contribution in [-0.2, 0) is 23.2 Å². The smallest absolute Gasteiger partial charge is 0.324 e. The largest absolute Gasteiger partial charge is 0.516 e. The Balaban J connectivity index is 2.45. The van der Waals surface area contributed by atoms with Crippen molar-refractivity contribution in [2.75, 3.05) is 27.4 Å². The van der Waals surface area contributed by atoms with Crippen LogP contribution in [0.1, 0.15) is 82.6 Å². The molecule has 274 valence electrons. The fraction of sp³-hybridized carbons (Fsp3) is 0.641. The molecule has 0 bridgehead atoms. The molecular weight excluding hydrogens is 651 g/mol. The van der Waals surface area contributed by atoms with E-state index in [4.69, 9.17) is 13.6 Å². The molecule has 1 amide bonds. The Labute approximate surface area is 297 Å². The number of aliphatic hydroxyl groups is 2. The lowest BCUT2D eigenvalue weighted by Gasteiger charge is -2.53. The quantitative estimate of drug-likeness (QED) is 0.264. The molecular formula is C39H63NO7Si2. The van der Waals surface area contributed by atoms with Gasteiger partial charge in [-0.3, -0.25) is 9.59 Å². The number of hydrogen-bond acceptors (Lipinski definition) is 7. The van der Waals surface area contributed by atoms with Crippen molar-refractivity contribution >= 4 is 38.9 Å². The van der Waals surface area contributed by atoms with E-state index in [0.717, 1.165) is 10.4 Å². The average Bonchev–Trinajstić information content (AvgIpc) is 3.17. The van der Waals surface area contributed by atoms with Crippen LogP contribution < -0.4 is 10.4 Å². The Morgan fingerprint density at radius 3 is 1.71 bits per heavy atom. The number of aliphatic hydroxyl groups excluding tert-OH is 1. The Morgan fingerprint density at radius 1 is 0.898 bits per heavy atom. The molecule has 10 heteroatoms. The molecule has 0 spiro atoms. The van der Waals surface area contributed by atoms with Crippen LogP contribution in [0.2, 0.25) is 21.7 Å². The van der Waals surface area contributed by atoms with Gasteiger partial charge in [-0.15, -0.1) is 0 Å². The second kappa shape index (κ2) is 14.3. The molecule has 1 aliphatic rings. The normalized spacial score (nSPS) is 23.8. The van der Waals surface area contributed by atoms with Crippen LogP contribution in [0.5, 0.6) is 0 Å². The molecule has 0 aliphatic carbocycles. The fourth-order valence-electron chi connectivity index (χ4n) is 7.98. The molecule has 2 N–H and O–H groups in total. The SMILES string of the molecule is CO[C@@H](C[C@@H](C)CO)[C@]1(O)[C@@H](C)C(=O)N(C)[C@]1(CO[Si](c1ccccc1)(c1ccccc1)C(C)(C)C)C(=O)O[Si](C)(C(C)(C)C)C(C)(C)C. The number of nitrogens with zero attached hydrogens (tertiary/aromatic N) is 1. The lowest BCUT2D eigenvalue weighted by Crippen LogP contribution is -2.75. The third-order valence-electron chi connectivity index (χ3n) is 11.7. The molecule has 49 heavy (non-hydrogen) atoms. The summed E-state index contributed by atoms with van der Waals surface area (Å²) in [6, 6.07) is 20.2. The van der Waals surface area contributed by atoms with Crippen molar-refractivity contribution in [1.82, 2.24) is 4.90 Å². The van der Waals surface area contributed by atoms with Gasteiger partial charge in [-0.05, 0) is 44.4 Å². The van der Waals surface area contributed by atoms with Gasteiger partial charge in [0.2, 0.25) is 5.91 Å². The number of hydrogen-bond donors (Lipinski definition) is 2. The highest BCUT2D eigenvalue weighted by atomic mass is 28.4. The fourth-order valence-corrected chi connectivity index (χ4v) is 16.0. The first-order chi connectivity index (χ1) is 22.4. The Morgan fingerprint density at radius 2 is 1.35 bits per heavy atom. The summed E-state index contributed by atoms with van der Waals surface area (Å²) < 4.78 is 20.4. The molecule has 0 aromatic heterocycles. The summed E-state index contributed by atoms with van der Waals surface area (Å²) >= 11 is 0. The van der Waals surface area contributed by atoms with Gasteiger partial charge in [-0.25, -0.2) is 0 Å². The van der Waals surface area contributed by atoms with Gasteiger partial charge in [-0.1, -0.05) is 137 Å². The van der Waals surface area contributed by atoms with E-state index in [1.54, 1.807) is 14.0 Å². The molecule has 8 nitrogen and oxygen atoms in total. The van der Waals surface area contributed by atoms with Gasteiger partial charge in [-0.2, -0.15) is 0 Å². The minimum absolute atomic E-state index is 0.150. The third-order valence-corrected chi connectivity index (χ3v) is 23.0. The number of carbonyl (C=O) groups excluding carboxylic acids is 2. The van der Waals surface area contributed by atoms with Gasteiger partial charge in [0, 0.05) is 20.8 Å². The topological polar surface area (TPSA) is 106 Å². The van der Waals surface area contributed by atoms with E-state index < -0.39 is 66.8 Å². The van der Waals surface area contributed by atoms with Crippen LogP contribution in [0.3, 0.4) is 0 Å². The second-order valence-corrected chi connectivity index (χ2v) is 27.0. The highest BCUT2D eigenvalue weighted by Crippen LogP contribution is 2.55. The van der Waals surface area contributed by atoms with E-state index in [1.807, 2.05) is 43.3 Å². The molecule has 2 aromatic rings. The number of likely N-dealkylation sites (tertiary alicyclic amines) is 1. The summed E-state index contributed by atoms with van der Waals surface area (Å²) in [6.45, 7) is 24.0. The third kappa shape index (κ3) is 6.74. The predicted molar refractivity (Wildman–Crippen MR) is 202 cm³/mol. The van der Waals surface area contributed by atoms with Crippen molar-refractivity contribution in [3.8, 4) is 0 Å². The zero-order valence-corrected chi connectivity index (χ0v) is 34.5. The highest BCUT2D eigenvalue weighted by molar-refractivity contribution is 6.99. The number of likely N-dealkylation sites (N-methyl/N-ethyl adjacent to an activating group) is 1. The first-order valence-electron chi connectivity index (χ1n) is 17.6. The van der Waals surface area contributed by atoms with E-state index in [2.05, 4.69) is 93.1 Å². The number of ether oxygens (including phenoxy) is 1. The van der Waals surface area contributed by atoms with Crippen LogP contribution >= 0.6 is 0 Å². The second-order valence-electron chi connectivity index (χ2n) is 17.4. The molecule has 3 rings (SSSR count). The maximum Gasteiger partial charge on any atom is 0.324 e. The molecule has 2 aromatic carbocycles. The van der Waals surface area contributed by atoms with Crippen LogP contribution in [0.15, 0.2) is 60.7 Å². The summed E-state index contributed by atoms with van der Waals surface area (Å²) in [4.78, 5) is 31.1. The van der Waals surface area contributed by atoms with Crippen LogP contribution in [-0.4, -0.2) is 88.2 Å². The van der Waals surface area contributed by atoms with Gasteiger partial charge in [0.1, 0.15) is 5.60 Å². The standard InChI is InChI=1S/C39H63NO7Si2/c1-28(26-41)25-32(45-13)39(44)29(2)33(42)40(12)38(39,34(43)47-48(14,35(3,4)5)36(6,7)8)27-46-49(37(9,10)11,30-21-17-15-18-22-30)31-23-19-16-20-24-31/h15-24,28-29,32,41,44H,25-27H2,1-14H3/t28-,29+,32+,38-,39-/m1/s1. The van der Waals surface area contributed by atoms with Crippen molar-refractivity contribution < 1.29 is 33.4 Å². The van der Waals surface area contributed by atoms with Crippen molar-refractivity contribution in [3.63, 3.8) is 0 Å². The number of amides is 1. The van der Waals surface area contributed by atoms with E-state index in [9.17, 15) is 15.0 Å². The van der Waals surface area contributed by atoms with Crippen molar-refractivity contribution in [1.29, 1.82) is 0 Å². The molecule has 0 radical (unpaired) electrons. The van der Waals surface area contributed by atoms with Gasteiger partial charge in [0.15, 0.2) is 5.54 Å². The molecule has 1 aliphatic heterocycles. The van der Waals surface area contributed by atoms with E-state index in [0.29, 0.717) is 0 Å². The zero-order valence-electron chi connectivity index (χ0n) is 32.5. The summed E-state index contributed by atoms with van der Waals surface area (Å²) in [5.41, 5.74) is -4.07. The summed E-state index contributed by atoms with van der Waals surface area (Å²) in [5.74, 6) is -2.41. The van der Waals surface area contributed by atoms with Gasteiger partial charge in [0.25, 0.3) is 16.6 Å². The summed E-state index contributed by atoms with van der Waals surface area (Å²) in [7, 11) is -3.25. The number of carbonyl (C=O) groups is 2. The van der Waals surface area contributed by atoms with E-state index >= 15 is 4.79 Å². The monoisotopic (exact) mass is 713 g/mol. The molecule has 5 atom stereocenters. The highest BCUT2D eigenvalue weighted by Gasteiger charge is 2.75. The first kappa shape index (κ1) is 41.1. The van der Waals surface area contributed by atoms with Crippen LogP contribution in [0, 0.1) is 11.8 Å². The lowest BCUT2D eigenvalue weighted by molar-refractivity contribution is -0.196. The number of benzene rings is 2. The Bertz CT molecular complexity index is 1380. The summed E-state index contributed by atoms with van der Waals surface area (Å²) in [5, 5.41) is 24.2. The van der Waals surface area contributed by atoms with Crippen molar-refractivity contribution in [3.05, 3.63) is 60.7 Å². The Hall–Kier alpha value is -2.35. The number of methoxy groups -OCH3 is 1. The van der Waals surface area contributed by atoms with Crippen LogP contribution in [0.4, 0.5) is 0 Å². The van der Waals surface area contributed by atoms with E-state index in [1.165, 1.54) is 12.0 Å². The molecule has 0 saturated carbocycles. The van der Waals surface area contributed by atoms with Gasteiger partial charge >= 0.3 is 5.97 Å². The first-order valence-corrected chi connectivity index (χ1v) is 21.9. The number of rotatable bonds is 12. The van der Waals surface area contributed by atoms with Crippen LogP contribution in [0.25, 0.3) is 0 Å². The minimum Gasteiger partial charge on any atom is -0.516 e. The maximum absolute atomic E-state index is 15.5. The maximum atomic E-state index is 15.5. The van der Waals surface area contributed by atoms with Crippen molar-refractivity contribution in [2.24, 2.45) is 11.8 Å². The average molecular weight is 714 g/mol. The zero-order chi connectivity index (χ0) is 37.4. The molecule has 1 heterocycles. The lowest BCUT2D eigenvalue weighted by atomic mass is 9.70. The summed E-state index contributed by atoms with van der Waals surface area (Å²) in [6.07, 6.45) is -0.803. The van der Waals surface area contributed by atoms with E-state index in [-0.39, 0.29) is 25.6 Å². The molecule has 1 fully saturated rings. The Kier molecular flexibility index (Phi) is 12.0. The molecule has 0 unspecified atom stereocenters. The molecule has 1 saturated heterocycles. The predicted octanol–water partition coefficient (Wildman–Crippen LogP) is 5.89. The minimum atomic E-state index is -3.29. The van der Waals surface area contributed by atoms with Crippen molar-refractivity contribution in [2.45, 2.75) is 121 Å².